The zero-order valence-electron chi connectivity index (χ0n) is 43.1. The number of Topliss-reactive ketones (excluding diaryl/α,β-unsaturated/α-hetero) is 3. The molecule has 4 aliphatic rings. The molecule has 15 heteroatoms. The van der Waals surface area contributed by atoms with Gasteiger partial charge in [0.05, 0.1) is 24.4 Å². The van der Waals surface area contributed by atoms with E-state index in [2.05, 4.69) is 0 Å². The average molecular weight is 974 g/mol. The average Bonchev–Trinajstić information content (AvgIpc) is 3.29. The number of esters is 1. The molecule has 3 heterocycles. The van der Waals surface area contributed by atoms with E-state index in [4.69, 9.17) is 28.2 Å². The maximum Gasteiger partial charge on any atom is 0.329 e. The molecule has 0 spiro atoms. The van der Waals surface area contributed by atoms with E-state index < -0.39 is 67.3 Å². The lowest BCUT2D eigenvalue weighted by Crippen LogP contribution is -2.55. The number of carbonyl (C=O) groups excluding carboxylic acids is 5. The molecule has 0 aromatic heterocycles. The lowest BCUT2D eigenvalue weighted by Gasteiger charge is -2.39. The van der Waals surface area contributed by atoms with Crippen LogP contribution in [0, 0.1) is 35.5 Å². The van der Waals surface area contributed by atoms with E-state index in [0.29, 0.717) is 69.8 Å². The summed E-state index contributed by atoms with van der Waals surface area (Å²) in [6.45, 7) is 16.4. The molecular weight excluding hydrogens is 890 g/mol. The third kappa shape index (κ3) is 16.5. The third-order valence-corrected chi connectivity index (χ3v) is 15.4. The molecule has 15 atom stereocenters. The second-order valence-corrected chi connectivity index (χ2v) is 23.5. The second-order valence-electron chi connectivity index (χ2n) is 20.8. The molecule has 0 aromatic carbocycles. The summed E-state index contributed by atoms with van der Waals surface area (Å²) in [7, 11) is 1.86. The number of fused-ring (bicyclic) bond motifs is 3. The molecule has 3 aliphatic heterocycles. The van der Waals surface area contributed by atoms with Crippen LogP contribution in [-0.2, 0) is 56.7 Å². The molecule has 0 aromatic rings. The van der Waals surface area contributed by atoms with Crippen molar-refractivity contribution in [3.63, 3.8) is 0 Å². The van der Waals surface area contributed by atoms with E-state index in [1.54, 1.807) is 47.5 Å². The Morgan fingerprint density at radius 3 is 2.22 bits per heavy atom. The minimum absolute atomic E-state index is 0.0387. The van der Waals surface area contributed by atoms with Crippen LogP contribution in [0.1, 0.15) is 126 Å². The molecule has 14 nitrogen and oxygen atoms in total. The number of nitrogens with zero attached hydrogens (tertiary/aromatic N) is 1. The molecular formula is C53H84NO13P. The standard InChI is InChI=1S/C53H84NO13P/c1-32-18-14-13-15-19-33(2)44(62-8)30-40-23-21-34(3)50(65-40)49(58)52(59)54-25-17-16-20-41(54)53(60)66-45(36(5)28-39-22-24-43(46(29-39)63-9)67-68(11,12)61)31-42(55)35(4)27-38(7)48(57)51(64-10)47(56)37(6)26-32/h13-15,18-19,27,32,34-37,39-41,43-46,48,50-51,57H,16-17,20-26,28-31H2,1-12H3/b15-13?,18-14+,33-19?,38-27+/t32-,34-,35-,36-,37-,39+,40+,41?,43-,44+,45+,46-,48?,50?,51+/m1/s1. The SMILES string of the molecule is CO[C@H]1C[C@@H]2CC[C@@H](C)C(O2)C(=O)C(=O)N2CCCCC2C(=O)O[C@H]([C@H](C)C[C@@H]2CC[C@@H](OP(C)(C)=O)[C@H](OC)C2)CC(=O)[C@H](C)/C=C(\C)C(O)[C@@H](OC)C(=O)[C@H](C)C[C@H](C)/C=C/C=CC=C1C. The number of hydrogen-bond acceptors (Lipinski definition) is 13. The van der Waals surface area contributed by atoms with E-state index in [1.165, 1.54) is 12.0 Å². The first-order chi connectivity index (χ1) is 32.1. The van der Waals surface area contributed by atoms with Crippen molar-refractivity contribution in [1.29, 1.82) is 0 Å². The van der Waals surface area contributed by atoms with Gasteiger partial charge in [-0.3, -0.25) is 23.7 Å². The smallest absolute Gasteiger partial charge is 0.329 e. The van der Waals surface area contributed by atoms with Crippen molar-refractivity contribution in [2.24, 2.45) is 35.5 Å². The zero-order chi connectivity index (χ0) is 50.5. The van der Waals surface area contributed by atoms with Crippen molar-refractivity contribution in [2.75, 3.05) is 41.2 Å². The van der Waals surface area contributed by atoms with Crippen LogP contribution in [-0.4, -0.2) is 135 Å². The Morgan fingerprint density at radius 1 is 0.838 bits per heavy atom. The maximum atomic E-state index is 14.5. The number of hydrogen-bond donors (Lipinski definition) is 1. The van der Waals surface area contributed by atoms with Gasteiger partial charge >= 0.3 is 5.97 Å². The number of methoxy groups -OCH3 is 3. The van der Waals surface area contributed by atoms with Gasteiger partial charge in [-0.1, -0.05) is 71.1 Å². The number of piperidine rings is 1. The van der Waals surface area contributed by atoms with Gasteiger partial charge in [0, 0.05) is 65.9 Å². The summed E-state index contributed by atoms with van der Waals surface area (Å²) in [6.07, 6.45) is 12.2. The maximum absolute atomic E-state index is 14.5. The molecule has 1 aliphatic carbocycles. The number of ether oxygens (including phenoxy) is 5. The minimum Gasteiger partial charge on any atom is -0.460 e. The van der Waals surface area contributed by atoms with Crippen LogP contribution in [0.15, 0.2) is 47.6 Å². The lowest BCUT2D eigenvalue weighted by molar-refractivity contribution is -0.170. The number of carbonyl (C=O) groups is 5. The van der Waals surface area contributed by atoms with E-state index in [0.717, 1.165) is 12.0 Å². The Kier molecular flexibility index (Phi) is 22.8. The van der Waals surface area contributed by atoms with Gasteiger partial charge in [-0.25, -0.2) is 4.79 Å². The normalized spacial score (nSPS) is 37.1. The molecule has 3 unspecified atom stereocenters. The van der Waals surface area contributed by atoms with Gasteiger partial charge in [0.2, 0.25) is 5.78 Å². The summed E-state index contributed by atoms with van der Waals surface area (Å²) >= 11 is 0. The predicted octanol–water partition coefficient (Wildman–Crippen LogP) is 8.42. The molecule has 2 bridgehead atoms. The highest BCUT2D eigenvalue weighted by Crippen LogP contribution is 2.44. The quantitative estimate of drug-likeness (QED) is 0.106. The number of ketones is 3. The van der Waals surface area contributed by atoms with E-state index in [9.17, 15) is 33.6 Å². The highest BCUT2D eigenvalue weighted by molar-refractivity contribution is 7.57. The Labute approximate surface area is 406 Å². The Morgan fingerprint density at radius 2 is 1.56 bits per heavy atom. The zero-order valence-corrected chi connectivity index (χ0v) is 44.0. The van der Waals surface area contributed by atoms with Gasteiger partial charge in [0.25, 0.3) is 5.91 Å². The number of allylic oxidation sites excluding steroid dienone is 6. The summed E-state index contributed by atoms with van der Waals surface area (Å²) in [5, 5.41) is 11.5. The molecule has 2 saturated heterocycles. The highest BCUT2D eigenvalue weighted by atomic mass is 31.2. The number of rotatable bonds is 8. The number of aliphatic hydroxyl groups is 1. The molecule has 4 rings (SSSR count). The topological polar surface area (TPSA) is 181 Å². The van der Waals surface area contributed by atoms with Crippen LogP contribution in [0.3, 0.4) is 0 Å². The first-order valence-corrected chi connectivity index (χ1v) is 27.6. The van der Waals surface area contributed by atoms with E-state index in [-0.39, 0.29) is 72.6 Å². The predicted molar refractivity (Wildman–Crippen MR) is 262 cm³/mol. The van der Waals surface area contributed by atoms with Gasteiger partial charge in [-0.05, 0) is 113 Å². The molecule has 1 N–H and O–H groups in total. The number of aliphatic hydroxyl groups excluding tert-OH is 1. The van der Waals surface area contributed by atoms with Crippen molar-refractivity contribution >= 4 is 36.6 Å². The van der Waals surface area contributed by atoms with E-state index >= 15 is 0 Å². The second kappa shape index (κ2) is 26.9. The fourth-order valence-electron chi connectivity index (χ4n) is 10.5. The number of amides is 1. The van der Waals surface area contributed by atoms with Crippen LogP contribution in [0.25, 0.3) is 0 Å². The van der Waals surface area contributed by atoms with Crippen LogP contribution >= 0.6 is 7.37 Å². The minimum atomic E-state index is -2.77. The lowest BCUT2D eigenvalue weighted by atomic mass is 9.78. The van der Waals surface area contributed by atoms with Crippen molar-refractivity contribution in [3.05, 3.63) is 47.6 Å². The van der Waals surface area contributed by atoms with Gasteiger partial charge in [-0.15, -0.1) is 0 Å². The van der Waals surface area contributed by atoms with E-state index in [1.807, 2.05) is 65.0 Å². The first-order valence-electron chi connectivity index (χ1n) is 25.1. The highest BCUT2D eigenvalue weighted by Gasteiger charge is 2.44. The van der Waals surface area contributed by atoms with Crippen LogP contribution in [0.4, 0.5) is 0 Å². The third-order valence-electron chi connectivity index (χ3n) is 14.7. The summed E-state index contributed by atoms with van der Waals surface area (Å²) < 4.78 is 48.6. The fourth-order valence-corrected chi connectivity index (χ4v) is 11.4. The largest absolute Gasteiger partial charge is 0.460 e. The molecule has 3 fully saturated rings. The molecule has 68 heavy (non-hydrogen) atoms. The van der Waals surface area contributed by atoms with Gasteiger partial charge in [-0.2, -0.15) is 0 Å². The molecule has 1 saturated carbocycles. The monoisotopic (exact) mass is 974 g/mol. The molecule has 384 valence electrons. The molecule has 1 amide bonds. The summed E-state index contributed by atoms with van der Waals surface area (Å²) in [4.78, 5) is 72.2. The Balaban J connectivity index is 1.68. The fraction of sp³-hybridized carbons (Fsp3) is 0.755. The Bertz CT molecular complexity index is 1890. The van der Waals surface area contributed by atoms with Gasteiger partial charge in [0.15, 0.2) is 13.2 Å². The summed E-state index contributed by atoms with van der Waals surface area (Å²) in [6, 6.07) is -1.03. The van der Waals surface area contributed by atoms with Gasteiger partial charge in [0.1, 0.15) is 36.2 Å². The summed E-state index contributed by atoms with van der Waals surface area (Å²) in [5.41, 5.74) is 1.36. The van der Waals surface area contributed by atoms with Crippen LogP contribution < -0.4 is 0 Å². The van der Waals surface area contributed by atoms with Crippen LogP contribution in [0.2, 0.25) is 0 Å². The first kappa shape index (κ1) is 57.5. The van der Waals surface area contributed by atoms with Gasteiger partial charge < -0.3 is 38.2 Å². The van der Waals surface area contributed by atoms with Crippen LogP contribution in [0.5, 0.6) is 0 Å². The number of cyclic esters (lactones) is 1. The van der Waals surface area contributed by atoms with Crippen molar-refractivity contribution in [1.82, 2.24) is 4.90 Å². The Hall–Kier alpha value is -3.10. The van der Waals surface area contributed by atoms with Crippen molar-refractivity contribution < 1.29 is 61.9 Å². The summed E-state index contributed by atoms with van der Waals surface area (Å²) in [5.74, 6) is -4.16. The molecule has 0 radical (unpaired) electrons. The van der Waals surface area contributed by atoms with Crippen molar-refractivity contribution in [2.45, 2.75) is 180 Å². The van der Waals surface area contributed by atoms with Crippen molar-refractivity contribution in [3.8, 4) is 0 Å².